The predicted octanol–water partition coefficient (Wildman–Crippen LogP) is -0.735. The van der Waals surface area contributed by atoms with Gasteiger partial charge in [0.25, 0.3) is 0 Å². The number of phosphoric ester groups is 1. The highest BCUT2D eigenvalue weighted by Gasteiger charge is 2.12. The molecular weight excluding hydrogens is 253 g/mol. The Morgan fingerprint density at radius 1 is 1.12 bits per heavy atom. The maximum Gasteiger partial charge on any atom is 0.469 e. The molecule has 0 aromatic heterocycles. The van der Waals surface area contributed by atoms with Gasteiger partial charge in [-0.25, -0.2) is 4.57 Å². The van der Waals surface area contributed by atoms with E-state index in [2.05, 4.69) is 9.84 Å². The first-order chi connectivity index (χ1) is 7.92. The zero-order chi connectivity index (χ0) is 13.1. The second-order valence-electron chi connectivity index (χ2n) is 3.03. The Morgan fingerprint density at radius 2 is 1.65 bits per heavy atom. The van der Waals surface area contributed by atoms with Crippen LogP contribution >= 0.6 is 7.82 Å². The van der Waals surface area contributed by atoms with Crippen molar-refractivity contribution >= 4 is 13.7 Å². The topological polar surface area (TPSA) is 114 Å². The first-order valence-electron chi connectivity index (χ1n) is 5.02. The second kappa shape index (κ2) is 9.52. The van der Waals surface area contributed by atoms with Crippen LogP contribution in [0.1, 0.15) is 6.92 Å². The number of hydrogen-bond donors (Lipinski definition) is 3. The van der Waals surface area contributed by atoms with Crippen molar-refractivity contribution in [2.45, 2.75) is 6.92 Å². The zero-order valence-corrected chi connectivity index (χ0v) is 10.5. The van der Waals surface area contributed by atoms with Crippen molar-refractivity contribution in [2.24, 2.45) is 0 Å². The maximum absolute atomic E-state index is 10.5. The third kappa shape index (κ3) is 15.5. The Hall–Kier alpha value is -0.500. The van der Waals surface area contributed by atoms with Gasteiger partial charge in [0.1, 0.15) is 0 Å². The van der Waals surface area contributed by atoms with Gasteiger partial charge in [-0.15, -0.1) is 0 Å². The summed E-state index contributed by atoms with van der Waals surface area (Å²) in [6.07, 6.45) is 0. The van der Waals surface area contributed by atoms with E-state index in [-0.39, 0.29) is 19.1 Å². The molecule has 0 unspecified atom stereocenters. The Kier molecular flexibility index (Phi) is 9.24. The Balaban J connectivity index is 3.09. The van der Waals surface area contributed by atoms with Gasteiger partial charge in [0.15, 0.2) is 0 Å². The highest BCUT2D eigenvalue weighted by molar-refractivity contribution is 7.46. The summed E-state index contributed by atoms with van der Waals surface area (Å²) in [7, 11) is -4.40. The fourth-order valence-corrected chi connectivity index (χ4v) is 1.15. The predicted molar refractivity (Wildman–Crippen MR) is 58.3 cm³/mol. The molecule has 0 aliphatic rings. The maximum atomic E-state index is 10.5. The smallest absolute Gasteiger partial charge is 0.377 e. The Morgan fingerprint density at radius 3 is 2.18 bits per heavy atom. The SMILES string of the molecule is CC(=O)NCCOCCOCCOP(=O)(O)O. The molecule has 0 spiro atoms. The van der Waals surface area contributed by atoms with Crippen LogP contribution in [-0.2, 0) is 23.4 Å². The third-order valence-corrected chi connectivity index (χ3v) is 2.00. The van der Waals surface area contributed by atoms with Crippen LogP contribution in [0.25, 0.3) is 0 Å². The van der Waals surface area contributed by atoms with Crippen molar-refractivity contribution in [3.05, 3.63) is 0 Å². The van der Waals surface area contributed by atoms with Crippen LogP contribution in [0.4, 0.5) is 0 Å². The molecule has 0 aliphatic heterocycles. The summed E-state index contributed by atoms with van der Waals surface area (Å²) in [5.41, 5.74) is 0. The largest absolute Gasteiger partial charge is 0.469 e. The van der Waals surface area contributed by atoms with Crippen molar-refractivity contribution in [2.75, 3.05) is 39.6 Å². The molecule has 0 atom stereocenters. The molecule has 102 valence electrons. The van der Waals surface area contributed by atoms with Gasteiger partial charge in [-0.3, -0.25) is 9.32 Å². The van der Waals surface area contributed by atoms with E-state index < -0.39 is 7.82 Å². The molecule has 17 heavy (non-hydrogen) atoms. The zero-order valence-electron chi connectivity index (χ0n) is 9.63. The molecule has 0 heterocycles. The van der Waals surface area contributed by atoms with Crippen LogP contribution in [-0.4, -0.2) is 55.3 Å². The molecule has 0 saturated carbocycles. The molecule has 1 amide bonds. The van der Waals surface area contributed by atoms with Gasteiger partial charge in [-0.05, 0) is 0 Å². The Labute approximate surface area is 99.5 Å². The molecule has 0 aromatic carbocycles. The van der Waals surface area contributed by atoms with Crippen LogP contribution in [0.15, 0.2) is 0 Å². The molecule has 0 bridgehead atoms. The quantitative estimate of drug-likeness (QED) is 0.354. The lowest BCUT2D eigenvalue weighted by molar-refractivity contribution is -0.119. The highest BCUT2D eigenvalue weighted by atomic mass is 31.2. The molecule has 0 fully saturated rings. The van der Waals surface area contributed by atoms with Crippen LogP contribution in [0.3, 0.4) is 0 Å². The first-order valence-corrected chi connectivity index (χ1v) is 6.55. The summed E-state index contributed by atoms with van der Waals surface area (Å²) < 4.78 is 24.5. The van der Waals surface area contributed by atoms with Crippen LogP contribution in [0, 0.1) is 0 Å². The number of phosphoric acid groups is 1. The lowest BCUT2D eigenvalue weighted by Crippen LogP contribution is -2.25. The molecule has 0 aliphatic carbocycles. The minimum Gasteiger partial charge on any atom is -0.377 e. The minimum atomic E-state index is -4.40. The van der Waals surface area contributed by atoms with Crippen molar-refractivity contribution in [3.8, 4) is 0 Å². The summed E-state index contributed by atoms with van der Waals surface area (Å²) in [4.78, 5) is 27.1. The fraction of sp³-hybridized carbons (Fsp3) is 0.875. The van der Waals surface area contributed by atoms with Crippen molar-refractivity contribution in [3.63, 3.8) is 0 Å². The third-order valence-electron chi connectivity index (χ3n) is 1.48. The molecule has 0 saturated heterocycles. The normalized spacial score (nSPS) is 11.5. The number of nitrogens with one attached hydrogen (secondary N) is 1. The van der Waals surface area contributed by atoms with E-state index in [9.17, 15) is 9.36 Å². The molecule has 9 heteroatoms. The molecule has 0 rings (SSSR count). The summed E-state index contributed by atoms with van der Waals surface area (Å²) in [6, 6.07) is 0. The minimum absolute atomic E-state index is 0.0835. The van der Waals surface area contributed by atoms with E-state index in [4.69, 9.17) is 19.3 Å². The van der Waals surface area contributed by atoms with E-state index in [0.717, 1.165) is 0 Å². The number of ether oxygens (including phenoxy) is 2. The van der Waals surface area contributed by atoms with Crippen LogP contribution in [0.2, 0.25) is 0 Å². The van der Waals surface area contributed by atoms with Gasteiger partial charge in [0.2, 0.25) is 5.91 Å². The molecule has 0 aromatic rings. The number of hydrogen-bond acceptors (Lipinski definition) is 5. The monoisotopic (exact) mass is 271 g/mol. The van der Waals surface area contributed by atoms with Gasteiger partial charge in [0, 0.05) is 13.5 Å². The molecule has 3 N–H and O–H groups in total. The lowest BCUT2D eigenvalue weighted by Gasteiger charge is -2.07. The van der Waals surface area contributed by atoms with E-state index in [1.54, 1.807) is 0 Å². The van der Waals surface area contributed by atoms with Crippen molar-refractivity contribution < 1.29 is 33.1 Å². The second-order valence-corrected chi connectivity index (χ2v) is 4.27. The highest BCUT2D eigenvalue weighted by Crippen LogP contribution is 2.35. The average Bonchev–Trinajstić information content (AvgIpc) is 2.18. The van der Waals surface area contributed by atoms with Crippen LogP contribution in [0.5, 0.6) is 0 Å². The van der Waals surface area contributed by atoms with Crippen molar-refractivity contribution in [1.82, 2.24) is 5.32 Å². The summed E-state index contributed by atoms with van der Waals surface area (Å²) in [5, 5.41) is 2.56. The summed E-state index contributed by atoms with van der Waals surface area (Å²) >= 11 is 0. The molecular formula is C8H18NO7P. The van der Waals surface area contributed by atoms with E-state index in [0.29, 0.717) is 26.4 Å². The average molecular weight is 271 g/mol. The number of carbonyl (C=O) groups excluding carboxylic acids is 1. The Bertz CT molecular complexity index is 254. The van der Waals surface area contributed by atoms with Gasteiger partial charge >= 0.3 is 7.82 Å². The van der Waals surface area contributed by atoms with E-state index in [1.807, 2.05) is 0 Å². The van der Waals surface area contributed by atoms with Gasteiger partial charge in [-0.2, -0.15) is 0 Å². The summed E-state index contributed by atoms with van der Waals surface area (Å²) in [6.45, 7) is 2.80. The van der Waals surface area contributed by atoms with Crippen molar-refractivity contribution in [1.29, 1.82) is 0 Å². The first kappa shape index (κ1) is 16.5. The molecule has 8 nitrogen and oxygen atoms in total. The van der Waals surface area contributed by atoms with E-state index >= 15 is 0 Å². The number of carbonyl (C=O) groups is 1. The van der Waals surface area contributed by atoms with Gasteiger partial charge in [-0.1, -0.05) is 0 Å². The van der Waals surface area contributed by atoms with E-state index in [1.165, 1.54) is 6.92 Å². The standard InChI is InChI=1S/C8H18NO7P/c1-8(10)9-2-3-14-4-5-15-6-7-16-17(11,12)13/h2-7H2,1H3,(H,9,10)(H2,11,12,13). The van der Waals surface area contributed by atoms with Gasteiger partial charge < -0.3 is 24.6 Å². The number of rotatable bonds is 10. The fourth-order valence-electron chi connectivity index (χ4n) is 0.836. The van der Waals surface area contributed by atoms with Gasteiger partial charge in [0.05, 0.1) is 33.0 Å². The lowest BCUT2D eigenvalue weighted by atomic mass is 10.6. The van der Waals surface area contributed by atoms with Crippen LogP contribution < -0.4 is 5.32 Å². The summed E-state index contributed by atoms with van der Waals surface area (Å²) in [5.74, 6) is -0.112. The number of amides is 1. The molecule has 0 radical (unpaired) electrons.